The fourth-order valence-corrected chi connectivity index (χ4v) is 5.13. The van der Waals surface area contributed by atoms with E-state index in [9.17, 15) is 13.2 Å². The fourth-order valence-electron chi connectivity index (χ4n) is 3.33. The summed E-state index contributed by atoms with van der Waals surface area (Å²) in [4.78, 5) is 12.8. The minimum atomic E-state index is -3.69. The highest BCUT2D eigenvalue weighted by Gasteiger charge is 2.33. The molecule has 1 amide bonds. The maximum absolute atomic E-state index is 13.0. The molecule has 0 spiro atoms. The molecule has 29 heavy (non-hydrogen) atoms. The van der Waals surface area contributed by atoms with Gasteiger partial charge in [-0.15, -0.1) is 0 Å². The molecule has 1 saturated heterocycles. The highest BCUT2D eigenvalue weighted by molar-refractivity contribution is 7.89. The van der Waals surface area contributed by atoms with E-state index in [0.717, 1.165) is 16.9 Å². The number of sulfonamides is 1. The zero-order valence-electron chi connectivity index (χ0n) is 16.5. The molecule has 1 N–H and O–H groups in total. The van der Waals surface area contributed by atoms with Crippen LogP contribution in [0.1, 0.15) is 24.0 Å². The first-order valence-electron chi connectivity index (χ1n) is 9.48. The lowest BCUT2D eigenvalue weighted by molar-refractivity contribution is -0.126. The number of hydrogen-bond acceptors (Lipinski definition) is 4. The van der Waals surface area contributed by atoms with Gasteiger partial charge in [0.1, 0.15) is 5.75 Å². The summed E-state index contributed by atoms with van der Waals surface area (Å²) < 4.78 is 32.5. The summed E-state index contributed by atoms with van der Waals surface area (Å²) in [6.07, 6.45) is 1.30. The van der Waals surface area contributed by atoms with Gasteiger partial charge in [-0.05, 0) is 55.2 Å². The monoisotopic (exact) mass is 436 g/mol. The molecule has 2 aromatic carbocycles. The maximum atomic E-state index is 13.0. The van der Waals surface area contributed by atoms with Gasteiger partial charge in [-0.1, -0.05) is 29.8 Å². The molecule has 3 rings (SSSR count). The van der Waals surface area contributed by atoms with Crippen molar-refractivity contribution in [2.24, 2.45) is 5.92 Å². The van der Waals surface area contributed by atoms with Crippen molar-refractivity contribution in [1.82, 2.24) is 9.62 Å². The standard InChI is InChI=1S/C21H25ClN2O4S/c1-15-5-10-19(12-20(15)22)29(26,27)24-11-3-4-17(14-24)21(25)23-13-16-6-8-18(28-2)9-7-16/h5-10,12,17H,3-4,11,13-14H2,1-2H3,(H,23,25). The van der Waals surface area contributed by atoms with Crippen molar-refractivity contribution in [2.75, 3.05) is 20.2 Å². The third-order valence-corrected chi connectivity index (χ3v) is 7.43. The summed E-state index contributed by atoms with van der Waals surface area (Å²) >= 11 is 6.10. The number of rotatable bonds is 6. The normalized spacial score (nSPS) is 17.7. The molecular weight excluding hydrogens is 412 g/mol. The van der Waals surface area contributed by atoms with Crippen LogP contribution in [0.2, 0.25) is 5.02 Å². The lowest BCUT2D eigenvalue weighted by Crippen LogP contribution is -2.45. The van der Waals surface area contributed by atoms with Crippen LogP contribution in [0.25, 0.3) is 0 Å². The Kier molecular flexibility index (Phi) is 6.82. The molecule has 0 aromatic heterocycles. The fraction of sp³-hybridized carbons (Fsp3) is 0.381. The van der Waals surface area contributed by atoms with E-state index in [1.54, 1.807) is 19.2 Å². The average Bonchev–Trinajstić information content (AvgIpc) is 2.74. The second-order valence-corrected chi connectivity index (χ2v) is 9.52. The van der Waals surface area contributed by atoms with Gasteiger partial charge in [-0.3, -0.25) is 4.79 Å². The molecule has 0 radical (unpaired) electrons. The molecule has 1 aliphatic rings. The van der Waals surface area contributed by atoms with Crippen molar-refractivity contribution in [3.8, 4) is 5.75 Å². The molecule has 6 nitrogen and oxygen atoms in total. The van der Waals surface area contributed by atoms with Crippen LogP contribution in [-0.2, 0) is 21.4 Å². The Morgan fingerprint density at radius 3 is 2.62 bits per heavy atom. The molecular formula is C21H25ClN2O4S. The SMILES string of the molecule is COc1ccc(CNC(=O)C2CCCN(S(=O)(=O)c3ccc(C)c(Cl)c3)C2)cc1. The topological polar surface area (TPSA) is 75.7 Å². The van der Waals surface area contributed by atoms with Crippen molar-refractivity contribution in [3.05, 3.63) is 58.6 Å². The summed E-state index contributed by atoms with van der Waals surface area (Å²) in [5.74, 6) is 0.241. The Labute approximate surface area is 176 Å². The molecule has 0 aliphatic carbocycles. The molecule has 1 aliphatic heterocycles. The van der Waals surface area contributed by atoms with Crippen LogP contribution in [-0.4, -0.2) is 38.8 Å². The van der Waals surface area contributed by atoms with E-state index >= 15 is 0 Å². The van der Waals surface area contributed by atoms with Gasteiger partial charge in [0.25, 0.3) is 0 Å². The third-order valence-electron chi connectivity index (χ3n) is 5.16. The molecule has 156 valence electrons. The van der Waals surface area contributed by atoms with Crippen LogP contribution >= 0.6 is 11.6 Å². The number of methoxy groups -OCH3 is 1. The lowest BCUT2D eigenvalue weighted by atomic mass is 9.99. The number of carbonyl (C=O) groups is 1. The zero-order chi connectivity index (χ0) is 21.0. The zero-order valence-corrected chi connectivity index (χ0v) is 18.1. The van der Waals surface area contributed by atoms with Gasteiger partial charge in [0.15, 0.2) is 0 Å². The van der Waals surface area contributed by atoms with Gasteiger partial charge in [0.2, 0.25) is 15.9 Å². The number of ether oxygens (including phenoxy) is 1. The molecule has 1 fully saturated rings. The van der Waals surface area contributed by atoms with Crippen molar-refractivity contribution in [1.29, 1.82) is 0 Å². The van der Waals surface area contributed by atoms with Crippen LogP contribution in [0.3, 0.4) is 0 Å². The first-order chi connectivity index (χ1) is 13.8. The number of amides is 1. The smallest absolute Gasteiger partial charge is 0.243 e. The minimum Gasteiger partial charge on any atom is -0.497 e. The Morgan fingerprint density at radius 2 is 1.97 bits per heavy atom. The Hall–Kier alpha value is -2.09. The van der Waals surface area contributed by atoms with E-state index in [0.29, 0.717) is 31.0 Å². The van der Waals surface area contributed by atoms with Gasteiger partial charge < -0.3 is 10.1 Å². The van der Waals surface area contributed by atoms with E-state index in [2.05, 4.69) is 5.32 Å². The number of halogens is 1. The molecule has 8 heteroatoms. The minimum absolute atomic E-state index is 0.136. The maximum Gasteiger partial charge on any atom is 0.243 e. The van der Waals surface area contributed by atoms with Crippen LogP contribution in [0, 0.1) is 12.8 Å². The van der Waals surface area contributed by atoms with E-state index in [1.165, 1.54) is 10.4 Å². The molecule has 0 bridgehead atoms. The number of nitrogens with one attached hydrogen (secondary N) is 1. The summed E-state index contributed by atoms with van der Waals surface area (Å²) in [5.41, 5.74) is 1.77. The summed E-state index contributed by atoms with van der Waals surface area (Å²) in [6, 6.07) is 12.2. The number of nitrogens with zero attached hydrogens (tertiary/aromatic N) is 1. The molecule has 1 unspecified atom stereocenters. The second kappa shape index (κ2) is 9.15. The van der Waals surface area contributed by atoms with Crippen LogP contribution in [0.15, 0.2) is 47.4 Å². The van der Waals surface area contributed by atoms with Crippen molar-refractivity contribution in [3.63, 3.8) is 0 Å². The van der Waals surface area contributed by atoms with Crippen molar-refractivity contribution < 1.29 is 17.9 Å². The Morgan fingerprint density at radius 1 is 1.24 bits per heavy atom. The van der Waals surface area contributed by atoms with Gasteiger partial charge in [-0.2, -0.15) is 4.31 Å². The van der Waals surface area contributed by atoms with Gasteiger partial charge in [-0.25, -0.2) is 8.42 Å². The number of benzene rings is 2. The van der Waals surface area contributed by atoms with Crippen LogP contribution in [0.4, 0.5) is 0 Å². The predicted octanol–water partition coefficient (Wildman–Crippen LogP) is 3.37. The first-order valence-corrected chi connectivity index (χ1v) is 11.3. The van der Waals surface area contributed by atoms with Crippen molar-refractivity contribution in [2.45, 2.75) is 31.2 Å². The first kappa shape index (κ1) is 21.6. The number of aryl methyl sites for hydroxylation is 1. The molecule has 1 heterocycles. The van der Waals surface area contributed by atoms with Gasteiger partial charge in [0.05, 0.1) is 17.9 Å². The molecule has 2 aromatic rings. The Bertz CT molecular complexity index is 977. The van der Waals surface area contributed by atoms with E-state index in [-0.39, 0.29) is 23.3 Å². The summed E-state index contributed by atoms with van der Waals surface area (Å²) in [7, 11) is -2.09. The summed E-state index contributed by atoms with van der Waals surface area (Å²) in [6.45, 7) is 2.78. The molecule has 0 saturated carbocycles. The van der Waals surface area contributed by atoms with Gasteiger partial charge in [0, 0.05) is 24.7 Å². The largest absolute Gasteiger partial charge is 0.497 e. The highest BCUT2D eigenvalue weighted by atomic mass is 35.5. The Balaban J connectivity index is 1.64. The van der Waals surface area contributed by atoms with Crippen LogP contribution < -0.4 is 10.1 Å². The highest BCUT2D eigenvalue weighted by Crippen LogP contribution is 2.27. The second-order valence-electron chi connectivity index (χ2n) is 7.18. The van der Waals surface area contributed by atoms with Gasteiger partial charge >= 0.3 is 0 Å². The summed E-state index contributed by atoms with van der Waals surface area (Å²) in [5, 5.41) is 3.33. The number of piperidine rings is 1. The average molecular weight is 437 g/mol. The third kappa shape index (κ3) is 5.10. The molecule has 1 atom stereocenters. The number of hydrogen-bond donors (Lipinski definition) is 1. The quantitative estimate of drug-likeness (QED) is 0.753. The van der Waals surface area contributed by atoms with E-state index in [4.69, 9.17) is 16.3 Å². The van der Waals surface area contributed by atoms with E-state index in [1.807, 2.05) is 31.2 Å². The lowest BCUT2D eigenvalue weighted by Gasteiger charge is -2.31. The van der Waals surface area contributed by atoms with Crippen LogP contribution in [0.5, 0.6) is 5.75 Å². The predicted molar refractivity (Wildman–Crippen MR) is 113 cm³/mol. The van der Waals surface area contributed by atoms with Crippen molar-refractivity contribution >= 4 is 27.5 Å². The number of carbonyl (C=O) groups excluding carboxylic acids is 1. The van der Waals surface area contributed by atoms with E-state index < -0.39 is 10.0 Å².